The summed E-state index contributed by atoms with van der Waals surface area (Å²) in [6.45, 7) is 7.48. The second-order valence-electron chi connectivity index (χ2n) is 8.17. The minimum absolute atomic E-state index is 0.111. The highest BCUT2D eigenvalue weighted by atomic mass is 16.2. The Hall–Kier alpha value is -2.29. The fourth-order valence-electron chi connectivity index (χ4n) is 4.41. The van der Waals surface area contributed by atoms with Crippen LogP contribution in [0.25, 0.3) is 0 Å². The number of benzene rings is 1. The standard InChI is InChI=1S/C21H29N5O3/c1-24(11-12-25-9-7-22-8-10-25)13-15-3-2-4-16-17(15)14-26(21(16)29)18-5-6-19(27)23-20(18)28/h2-4,18,22H,5-14H2,1H3,(H,23,27,28). The Labute approximate surface area is 171 Å². The predicted octanol–water partition coefficient (Wildman–Crippen LogP) is -0.215. The lowest BCUT2D eigenvalue weighted by molar-refractivity contribution is -0.136. The van der Waals surface area contributed by atoms with Crippen molar-refractivity contribution in [3.05, 3.63) is 34.9 Å². The monoisotopic (exact) mass is 399 g/mol. The molecule has 1 aromatic rings. The molecule has 2 N–H and O–H groups in total. The number of nitrogens with one attached hydrogen (secondary N) is 2. The number of fused-ring (bicyclic) bond motifs is 1. The summed E-state index contributed by atoms with van der Waals surface area (Å²) in [6, 6.07) is 5.27. The Bertz CT molecular complexity index is 806. The maximum atomic E-state index is 12.9. The molecule has 0 aliphatic carbocycles. The lowest BCUT2D eigenvalue weighted by atomic mass is 10.0. The summed E-state index contributed by atoms with van der Waals surface area (Å²) >= 11 is 0. The largest absolute Gasteiger partial charge is 0.322 e. The molecule has 0 saturated carbocycles. The van der Waals surface area contributed by atoms with Gasteiger partial charge in [-0.3, -0.25) is 24.6 Å². The van der Waals surface area contributed by atoms with Gasteiger partial charge in [-0.15, -0.1) is 0 Å². The van der Waals surface area contributed by atoms with Gasteiger partial charge in [0.05, 0.1) is 0 Å². The van der Waals surface area contributed by atoms with Crippen molar-refractivity contribution in [1.29, 1.82) is 0 Å². The molecule has 1 atom stereocenters. The lowest BCUT2D eigenvalue weighted by Gasteiger charge is -2.30. The molecule has 0 bridgehead atoms. The van der Waals surface area contributed by atoms with Gasteiger partial charge < -0.3 is 15.1 Å². The summed E-state index contributed by atoms with van der Waals surface area (Å²) in [7, 11) is 2.11. The third-order valence-corrected chi connectivity index (χ3v) is 6.13. The first-order valence-corrected chi connectivity index (χ1v) is 10.4. The highest BCUT2D eigenvalue weighted by molar-refractivity contribution is 6.05. The zero-order valence-electron chi connectivity index (χ0n) is 16.9. The first-order chi connectivity index (χ1) is 14.0. The summed E-state index contributed by atoms with van der Waals surface area (Å²) < 4.78 is 0. The van der Waals surface area contributed by atoms with Crippen molar-refractivity contribution in [2.75, 3.05) is 46.3 Å². The van der Waals surface area contributed by atoms with Crippen LogP contribution in [-0.2, 0) is 22.7 Å². The fourth-order valence-corrected chi connectivity index (χ4v) is 4.41. The van der Waals surface area contributed by atoms with Gasteiger partial charge in [-0.25, -0.2) is 0 Å². The maximum Gasteiger partial charge on any atom is 0.255 e. The van der Waals surface area contributed by atoms with Crippen LogP contribution in [-0.4, -0.2) is 84.8 Å². The predicted molar refractivity (Wildman–Crippen MR) is 108 cm³/mol. The van der Waals surface area contributed by atoms with Crippen molar-refractivity contribution in [2.24, 2.45) is 0 Å². The number of rotatable bonds is 6. The molecule has 8 nitrogen and oxygen atoms in total. The van der Waals surface area contributed by atoms with Gasteiger partial charge in [0.1, 0.15) is 6.04 Å². The Balaban J connectivity index is 1.41. The van der Waals surface area contributed by atoms with Crippen molar-refractivity contribution in [3.8, 4) is 0 Å². The van der Waals surface area contributed by atoms with E-state index >= 15 is 0 Å². The number of carbonyl (C=O) groups is 3. The first kappa shape index (κ1) is 20.0. The molecule has 1 unspecified atom stereocenters. The molecular weight excluding hydrogens is 370 g/mol. The van der Waals surface area contributed by atoms with Crippen molar-refractivity contribution in [1.82, 2.24) is 25.3 Å². The van der Waals surface area contributed by atoms with E-state index in [1.807, 2.05) is 12.1 Å². The van der Waals surface area contributed by atoms with Crippen LogP contribution in [0.15, 0.2) is 18.2 Å². The normalized spacial score (nSPS) is 22.9. The summed E-state index contributed by atoms with van der Waals surface area (Å²) in [5.74, 6) is -0.737. The van der Waals surface area contributed by atoms with E-state index in [1.165, 1.54) is 0 Å². The maximum absolute atomic E-state index is 12.9. The average Bonchev–Trinajstić information content (AvgIpc) is 3.05. The van der Waals surface area contributed by atoms with Gasteiger partial charge in [-0.05, 0) is 30.7 Å². The lowest BCUT2D eigenvalue weighted by Crippen LogP contribution is -2.52. The highest BCUT2D eigenvalue weighted by Crippen LogP contribution is 2.30. The van der Waals surface area contributed by atoms with Crippen LogP contribution in [0, 0.1) is 0 Å². The third-order valence-electron chi connectivity index (χ3n) is 6.13. The second kappa shape index (κ2) is 8.61. The molecule has 0 radical (unpaired) electrons. The molecule has 29 heavy (non-hydrogen) atoms. The fraction of sp³-hybridized carbons (Fsp3) is 0.571. The summed E-state index contributed by atoms with van der Waals surface area (Å²) in [5, 5.41) is 5.73. The van der Waals surface area contributed by atoms with Gasteiger partial charge in [0, 0.05) is 64.3 Å². The van der Waals surface area contributed by atoms with Crippen molar-refractivity contribution in [2.45, 2.75) is 32.0 Å². The molecule has 156 valence electrons. The van der Waals surface area contributed by atoms with E-state index in [-0.39, 0.29) is 24.1 Å². The van der Waals surface area contributed by atoms with Gasteiger partial charge >= 0.3 is 0 Å². The Morgan fingerprint density at radius 3 is 2.72 bits per heavy atom. The minimum Gasteiger partial charge on any atom is -0.322 e. The Morgan fingerprint density at radius 1 is 1.17 bits per heavy atom. The highest BCUT2D eigenvalue weighted by Gasteiger charge is 2.39. The smallest absolute Gasteiger partial charge is 0.255 e. The third kappa shape index (κ3) is 4.34. The Kier molecular flexibility index (Phi) is 5.94. The first-order valence-electron chi connectivity index (χ1n) is 10.4. The zero-order chi connectivity index (χ0) is 20.4. The molecular formula is C21H29N5O3. The second-order valence-corrected chi connectivity index (χ2v) is 8.17. The molecule has 3 heterocycles. The molecule has 8 heteroatoms. The van der Waals surface area contributed by atoms with Gasteiger partial charge in [-0.1, -0.05) is 12.1 Å². The van der Waals surface area contributed by atoms with Gasteiger partial charge in [0.15, 0.2) is 0 Å². The van der Waals surface area contributed by atoms with E-state index in [0.717, 1.165) is 56.9 Å². The molecule has 2 fully saturated rings. The number of piperazine rings is 1. The number of hydrogen-bond acceptors (Lipinski definition) is 6. The molecule has 0 aromatic heterocycles. The van der Waals surface area contributed by atoms with Crippen LogP contribution in [0.4, 0.5) is 0 Å². The SMILES string of the molecule is CN(CCN1CCNCC1)Cc1cccc2c1CN(C1CCC(=O)NC1=O)C2=O. The topological polar surface area (TPSA) is 85.0 Å². The summed E-state index contributed by atoms with van der Waals surface area (Å²) in [4.78, 5) is 43.0. The number of nitrogens with zero attached hydrogens (tertiary/aromatic N) is 3. The van der Waals surface area contributed by atoms with E-state index in [1.54, 1.807) is 4.90 Å². The quantitative estimate of drug-likeness (QED) is 0.644. The number of carbonyl (C=O) groups excluding carboxylic acids is 3. The molecule has 3 amide bonds. The van der Waals surface area contributed by atoms with Gasteiger partial charge in [0.2, 0.25) is 11.8 Å². The number of amides is 3. The van der Waals surface area contributed by atoms with Crippen LogP contribution < -0.4 is 10.6 Å². The van der Waals surface area contributed by atoms with Gasteiger partial charge in [0.25, 0.3) is 5.91 Å². The van der Waals surface area contributed by atoms with E-state index < -0.39 is 6.04 Å². The number of likely N-dealkylation sites (N-methyl/N-ethyl adjacent to an activating group) is 1. The van der Waals surface area contributed by atoms with E-state index in [4.69, 9.17) is 0 Å². The van der Waals surface area contributed by atoms with E-state index in [2.05, 4.69) is 33.5 Å². The van der Waals surface area contributed by atoms with Gasteiger partial charge in [-0.2, -0.15) is 0 Å². The van der Waals surface area contributed by atoms with Crippen molar-refractivity contribution >= 4 is 17.7 Å². The summed E-state index contributed by atoms with van der Waals surface area (Å²) in [5.41, 5.74) is 2.83. The molecule has 3 aliphatic rings. The number of hydrogen-bond donors (Lipinski definition) is 2. The number of imide groups is 1. The van der Waals surface area contributed by atoms with Crippen LogP contribution in [0.5, 0.6) is 0 Å². The molecule has 2 saturated heterocycles. The van der Waals surface area contributed by atoms with E-state index in [9.17, 15) is 14.4 Å². The molecule has 3 aliphatic heterocycles. The van der Waals surface area contributed by atoms with Crippen LogP contribution in [0.3, 0.4) is 0 Å². The average molecular weight is 399 g/mol. The van der Waals surface area contributed by atoms with Crippen molar-refractivity contribution < 1.29 is 14.4 Å². The number of piperidine rings is 1. The molecule has 0 spiro atoms. The van der Waals surface area contributed by atoms with Crippen LogP contribution >= 0.6 is 0 Å². The van der Waals surface area contributed by atoms with E-state index in [0.29, 0.717) is 18.5 Å². The summed E-state index contributed by atoms with van der Waals surface area (Å²) in [6.07, 6.45) is 0.669. The van der Waals surface area contributed by atoms with Crippen molar-refractivity contribution in [3.63, 3.8) is 0 Å². The zero-order valence-corrected chi connectivity index (χ0v) is 16.9. The Morgan fingerprint density at radius 2 is 1.97 bits per heavy atom. The minimum atomic E-state index is -0.564. The van der Waals surface area contributed by atoms with Crippen LogP contribution in [0.2, 0.25) is 0 Å². The van der Waals surface area contributed by atoms with Crippen LogP contribution in [0.1, 0.15) is 34.3 Å². The molecule has 1 aromatic carbocycles. The molecule has 4 rings (SSSR count).